The van der Waals surface area contributed by atoms with Crippen LogP contribution in [-0.2, 0) is 16.4 Å². The van der Waals surface area contributed by atoms with Crippen LogP contribution in [-0.4, -0.2) is 42.5 Å². The minimum Gasteiger partial charge on any atom is -0.337 e. The summed E-state index contributed by atoms with van der Waals surface area (Å²) >= 11 is 0. The van der Waals surface area contributed by atoms with Gasteiger partial charge in [-0.1, -0.05) is 26.2 Å². The number of nitrogens with two attached hydrogens (primary N) is 1. The fraction of sp³-hybridized carbons (Fsp3) is 0.692. The van der Waals surface area contributed by atoms with Gasteiger partial charge in [0.1, 0.15) is 4.90 Å². The Bertz CT molecular complexity index is 601. The molecule has 0 saturated carbocycles. The quantitative estimate of drug-likeness (QED) is 0.868. The molecule has 1 fully saturated rings. The number of hydrogen-bond acceptors (Lipinski definition) is 4. The summed E-state index contributed by atoms with van der Waals surface area (Å²) < 4.78 is 23.5. The number of aromatic amines is 1. The molecule has 1 amide bonds. The standard InChI is InChI=1S/C13H22N4O3S/c1-2-10-12(21(14,19)20)11(16-15-10)13(18)17-8-6-4-3-5-7-9-17/h2-9H2,1H3,(H,15,16)(H2,14,19,20). The van der Waals surface area contributed by atoms with E-state index in [0.29, 0.717) is 25.2 Å². The van der Waals surface area contributed by atoms with Gasteiger partial charge in [0.2, 0.25) is 10.0 Å². The van der Waals surface area contributed by atoms with Gasteiger partial charge in [0.25, 0.3) is 5.91 Å². The summed E-state index contributed by atoms with van der Waals surface area (Å²) in [4.78, 5) is 14.1. The molecule has 7 nitrogen and oxygen atoms in total. The maximum atomic E-state index is 12.6. The van der Waals surface area contributed by atoms with Crippen molar-refractivity contribution in [2.75, 3.05) is 13.1 Å². The summed E-state index contributed by atoms with van der Waals surface area (Å²) in [5, 5.41) is 11.8. The maximum absolute atomic E-state index is 12.6. The molecular weight excluding hydrogens is 292 g/mol. The first-order valence-corrected chi connectivity index (χ1v) is 8.89. The lowest BCUT2D eigenvalue weighted by molar-refractivity contribution is 0.0732. The molecule has 0 aliphatic carbocycles. The highest BCUT2D eigenvalue weighted by molar-refractivity contribution is 7.89. The first kappa shape index (κ1) is 16.0. The minimum absolute atomic E-state index is 0.0741. The molecule has 1 aliphatic heterocycles. The van der Waals surface area contributed by atoms with Crippen LogP contribution in [0.5, 0.6) is 0 Å². The SMILES string of the molecule is CCc1[nH]nc(C(=O)N2CCCCCCC2)c1S(N)(=O)=O. The molecule has 1 aromatic rings. The molecule has 1 aromatic heterocycles. The Morgan fingerprint density at radius 1 is 1.24 bits per heavy atom. The highest BCUT2D eigenvalue weighted by Gasteiger charge is 2.29. The van der Waals surface area contributed by atoms with Gasteiger partial charge in [-0.15, -0.1) is 0 Å². The fourth-order valence-electron chi connectivity index (χ4n) is 2.66. The number of amides is 1. The van der Waals surface area contributed by atoms with Crippen molar-refractivity contribution in [2.24, 2.45) is 5.14 Å². The van der Waals surface area contributed by atoms with Gasteiger partial charge < -0.3 is 4.90 Å². The zero-order chi connectivity index (χ0) is 15.5. The van der Waals surface area contributed by atoms with E-state index in [2.05, 4.69) is 10.2 Å². The maximum Gasteiger partial charge on any atom is 0.275 e. The second-order valence-electron chi connectivity index (χ2n) is 5.34. The smallest absolute Gasteiger partial charge is 0.275 e. The first-order chi connectivity index (χ1) is 9.95. The summed E-state index contributed by atoms with van der Waals surface area (Å²) in [5.74, 6) is -0.350. The number of nitrogens with zero attached hydrogens (tertiary/aromatic N) is 2. The molecule has 1 aliphatic rings. The van der Waals surface area contributed by atoms with Crippen molar-refractivity contribution in [3.8, 4) is 0 Å². The summed E-state index contributed by atoms with van der Waals surface area (Å²) in [5.41, 5.74) is 0.308. The predicted molar refractivity (Wildman–Crippen MR) is 78.3 cm³/mol. The van der Waals surface area contributed by atoms with E-state index in [1.807, 2.05) is 0 Å². The molecule has 118 valence electrons. The number of rotatable bonds is 3. The number of nitrogens with one attached hydrogen (secondary N) is 1. The monoisotopic (exact) mass is 314 g/mol. The van der Waals surface area contributed by atoms with E-state index in [0.717, 1.165) is 25.7 Å². The first-order valence-electron chi connectivity index (χ1n) is 7.34. The lowest BCUT2D eigenvalue weighted by Crippen LogP contribution is -2.35. The second kappa shape index (κ2) is 6.57. The van der Waals surface area contributed by atoms with Crippen molar-refractivity contribution in [1.82, 2.24) is 15.1 Å². The van der Waals surface area contributed by atoms with Crippen LogP contribution in [0, 0.1) is 0 Å². The van der Waals surface area contributed by atoms with E-state index in [4.69, 9.17) is 5.14 Å². The highest BCUT2D eigenvalue weighted by atomic mass is 32.2. The highest BCUT2D eigenvalue weighted by Crippen LogP contribution is 2.20. The number of primary sulfonamides is 1. The Morgan fingerprint density at radius 2 is 1.81 bits per heavy atom. The Labute approximate surface area is 124 Å². The average Bonchev–Trinajstić information content (AvgIpc) is 2.81. The van der Waals surface area contributed by atoms with Gasteiger partial charge in [-0.25, -0.2) is 13.6 Å². The zero-order valence-corrected chi connectivity index (χ0v) is 13.1. The van der Waals surface area contributed by atoms with Gasteiger partial charge in [-0.05, 0) is 19.3 Å². The molecule has 0 radical (unpaired) electrons. The summed E-state index contributed by atoms with van der Waals surface area (Å²) in [6.07, 6.45) is 5.65. The van der Waals surface area contributed by atoms with E-state index in [9.17, 15) is 13.2 Å². The fourth-order valence-corrected chi connectivity index (χ4v) is 3.60. The number of likely N-dealkylation sites (tertiary alicyclic amines) is 1. The van der Waals surface area contributed by atoms with Crippen LogP contribution in [0.2, 0.25) is 0 Å². The molecule has 0 atom stereocenters. The molecular formula is C13H22N4O3S. The van der Waals surface area contributed by atoms with E-state index in [1.165, 1.54) is 6.42 Å². The molecule has 2 rings (SSSR count). The van der Waals surface area contributed by atoms with Gasteiger partial charge in [-0.3, -0.25) is 9.89 Å². The Morgan fingerprint density at radius 3 is 2.33 bits per heavy atom. The van der Waals surface area contributed by atoms with Gasteiger partial charge >= 0.3 is 0 Å². The molecule has 0 unspecified atom stereocenters. The molecule has 1 saturated heterocycles. The van der Waals surface area contributed by atoms with Crippen molar-refractivity contribution >= 4 is 15.9 Å². The minimum atomic E-state index is -3.97. The van der Waals surface area contributed by atoms with E-state index < -0.39 is 10.0 Å². The van der Waals surface area contributed by atoms with E-state index in [-0.39, 0.29) is 16.5 Å². The van der Waals surface area contributed by atoms with E-state index >= 15 is 0 Å². The molecule has 8 heteroatoms. The molecule has 0 aromatic carbocycles. The van der Waals surface area contributed by atoms with Gasteiger partial charge in [0.05, 0.1) is 5.69 Å². The Balaban J connectivity index is 2.32. The average molecular weight is 314 g/mol. The zero-order valence-electron chi connectivity index (χ0n) is 12.3. The van der Waals surface area contributed by atoms with Crippen LogP contribution < -0.4 is 5.14 Å². The van der Waals surface area contributed by atoms with Crippen molar-refractivity contribution in [2.45, 2.75) is 50.3 Å². The largest absolute Gasteiger partial charge is 0.337 e. The normalized spacial score (nSPS) is 17.3. The summed E-state index contributed by atoms with van der Waals surface area (Å²) in [6.45, 7) is 3.06. The van der Waals surface area contributed by atoms with Crippen molar-refractivity contribution < 1.29 is 13.2 Å². The third-order valence-corrected chi connectivity index (χ3v) is 4.78. The number of carbonyl (C=O) groups is 1. The number of aryl methyl sites for hydroxylation is 1. The van der Waals surface area contributed by atoms with Crippen LogP contribution in [0.25, 0.3) is 0 Å². The molecule has 3 N–H and O–H groups in total. The second-order valence-corrected chi connectivity index (χ2v) is 6.84. The van der Waals surface area contributed by atoms with Crippen molar-refractivity contribution in [1.29, 1.82) is 0 Å². The summed E-state index contributed by atoms with van der Waals surface area (Å²) in [7, 11) is -3.97. The van der Waals surface area contributed by atoms with Crippen molar-refractivity contribution in [3.63, 3.8) is 0 Å². The molecule has 2 heterocycles. The molecule has 0 bridgehead atoms. The topological polar surface area (TPSA) is 109 Å². The molecule has 0 spiro atoms. The number of hydrogen-bond donors (Lipinski definition) is 2. The lowest BCUT2D eigenvalue weighted by Gasteiger charge is -2.24. The Hall–Kier alpha value is -1.41. The number of H-pyrrole nitrogens is 1. The van der Waals surface area contributed by atoms with Crippen LogP contribution in [0.15, 0.2) is 4.90 Å². The Kier molecular flexibility index (Phi) is 5.00. The van der Waals surface area contributed by atoms with Gasteiger partial charge in [0, 0.05) is 13.1 Å². The molecule has 21 heavy (non-hydrogen) atoms. The van der Waals surface area contributed by atoms with Gasteiger partial charge in [-0.2, -0.15) is 5.10 Å². The van der Waals surface area contributed by atoms with Crippen molar-refractivity contribution in [3.05, 3.63) is 11.4 Å². The number of sulfonamides is 1. The predicted octanol–water partition coefficient (Wildman–Crippen LogP) is 1.03. The van der Waals surface area contributed by atoms with Crippen LogP contribution in [0.1, 0.15) is 55.2 Å². The number of aromatic nitrogens is 2. The van der Waals surface area contributed by atoms with Crippen LogP contribution in [0.4, 0.5) is 0 Å². The van der Waals surface area contributed by atoms with Crippen LogP contribution in [0.3, 0.4) is 0 Å². The van der Waals surface area contributed by atoms with Gasteiger partial charge in [0.15, 0.2) is 5.69 Å². The third-order valence-electron chi connectivity index (χ3n) is 3.78. The number of carbonyl (C=O) groups excluding carboxylic acids is 1. The van der Waals surface area contributed by atoms with Crippen LogP contribution >= 0.6 is 0 Å². The van der Waals surface area contributed by atoms with E-state index in [1.54, 1.807) is 11.8 Å². The lowest BCUT2D eigenvalue weighted by atomic mass is 10.1. The summed E-state index contributed by atoms with van der Waals surface area (Å²) in [6, 6.07) is 0. The third kappa shape index (κ3) is 3.62.